The van der Waals surface area contributed by atoms with E-state index in [1.165, 1.54) is 0 Å². The van der Waals surface area contributed by atoms with Gasteiger partial charge in [-0.1, -0.05) is 50.2 Å². The summed E-state index contributed by atoms with van der Waals surface area (Å²) in [6, 6.07) is 22.0. The third kappa shape index (κ3) is 3.38. The molecule has 0 bridgehead atoms. The van der Waals surface area contributed by atoms with Crippen molar-refractivity contribution < 1.29 is 4.74 Å². The van der Waals surface area contributed by atoms with E-state index in [0.717, 1.165) is 39.3 Å². The van der Waals surface area contributed by atoms with Crippen molar-refractivity contribution in [1.29, 1.82) is 0 Å². The molecule has 4 aromatic rings. The fraction of sp³-hybridized carbons (Fsp3) is 0.174. The minimum atomic E-state index is 0.350. The van der Waals surface area contributed by atoms with Gasteiger partial charge < -0.3 is 4.74 Å². The Morgan fingerprint density at radius 1 is 0.815 bits per heavy atom. The van der Waals surface area contributed by atoms with Crippen LogP contribution in [0.2, 0.25) is 0 Å². The lowest BCUT2D eigenvalue weighted by atomic mass is 10.1. The molecule has 0 atom stereocenters. The molecule has 0 aliphatic rings. The number of fused-ring (bicyclic) bond motifs is 1. The van der Waals surface area contributed by atoms with Crippen LogP contribution in [0.15, 0.2) is 66.7 Å². The Morgan fingerprint density at radius 3 is 2.44 bits per heavy atom. The van der Waals surface area contributed by atoms with E-state index in [1.54, 1.807) is 7.11 Å². The predicted octanol–water partition coefficient (Wildman–Crippen LogP) is 5.49. The lowest BCUT2D eigenvalue weighted by Gasteiger charge is -2.11. The number of ether oxygens (including phenoxy) is 1. The lowest BCUT2D eigenvalue weighted by Crippen LogP contribution is -1.99. The Bertz CT molecular complexity index is 1110. The average molecular weight is 355 g/mol. The molecule has 0 aliphatic heterocycles. The highest BCUT2D eigenvalue weighted by molar-refractivity contribution is 5.93. The van der Waals surface area contributed by atoms with E-state index in [9.17, 15) is 0 Å². The van der Waals surface area contributed by atoms with Crippen LogP contribution in [0.5, 0.6) is 5.75 Å². The summed E-state index contributed by atoms with van der Waals surface area (Å²) in [6.45, 7) is 4.27. The van der Waals surface area contributed by atoms with E-state index in [1.807, 2.05) is 66.7 Å². The molecule has 2 heterocycles. The SMILES string of the molecule is COc1cccc(-c2nc(-c3cccc(C(C)C)n3)nc3ccccc23)c1. The maximum Gasteiger partial charge on any atom is 0.179 e. The average Bonchev–Trinajstić information content (AvgIpc) is 2.73. The van der Waals surface area contributed by atoms with Gasteiger partial charge in [0.15, 0.2) is 5.82 Å². The second kappa shape index (κ2) is 7.16. The molecule has 0 N–H and O–H groups in total. The maximum atomic E-state index is 5.39. The molecule has 0 spiro atoms. The molecule has 0 fully saturated rings. The number of hydrogen-bond donors (Lipinski definition) is 0. The molecule has 2 aromatic heterocycles. The molecule has 0 saturated carbocycles. The zero-order valence-electron chi connectivity index (χ0n) is 15.7. The molecular weight excluding hydrogens is 334 g/mol. The molecule has 0 saturated heterocycles. The summed E-state index contributed by atoms with van der Waals surface area (Å²) < 4.78 is 5.39. The van der Waals surface area contributed by atoms with E-state index in [0.29, 0.717) is 11.7 Å². The maximum absolute atomic E-state index is 5.39. The summed E-state index contributed by atoms with van der Waals surface area (Å²) in [5, 5.41) is 1.01. The van der Waals surface area contributed by atoms with Crippen LogP contribution in [0, 0.1) is 0 Å². The van der Waals surface area contributed by atoms with Gasteiger partial charge in [0.05, 0.1) is 18.3 Å². The summed E-state index contributed by atoms with van der Waals surface area (Å²) in [5.74, 6) is 1.79. The second-order valence-electron chi connectivity index (χ2n) is 6.75. The van der Waals surface area contributed by atoms with Crippen LogP contribution in [-0.2, 0) is 0 Å². The summed E-state index contributed by atoms with van der Waals surface area (Å²) in [5.41, 5.74) is 4.60. The smallest absolute Gasteiger partial charge is 0.179 e. The zero-order valence-corrected chi connectivity index (χ0v) is 15.7. The van der Waals surface area contributed by atoms with Crippen LogP contribution in [-0.4, -0.2) is 22.1 Å². The van der Waals surface area contributed by atoms with E-state index in [4.69, 9.17) is 19.7 Å². The third-order valence-electron chi connectivity index (χ3n) is 4.54. The fourth-order valence-corrected chi connectivity index (χ4v) is 3.08. The Labute approximate surface area is 158 Å². The van der Waals surface area contributed by atoms with Crippen LogP contribution >= 0.6 is 0 Å². The predicted molar refractivity (Wildman–Crippen MR) is 109 cm³/mol. The highest BCUT2D eigenvalue weighted by Gasteiger charge is 2.13. The highest BCUT2D eigenvalue weighted by Crippen LogP contribution is 2.30. The third-order valence-corrected chi connectivity index (χ3v) is 4.54. The standard InChI is InChI=1S/C23H21N3O/c1-15(2)19-12-7-13-21(24-19)23-25-20-11-5-4-10-18(20)22(26-23)16-8-6-9-17(14-16)27-3/h4-15H,1-3H3. The number of rotatable bonds is 4. The second-order valence-corrected chi connectivity index (χ2v) is 6.75. The molecule has 4 nitrogen and oxygen atoms in total. The molecule has 0 aliphatic carbocycles. The van der Waals surface area contributed by atoms with Crippen LogP contribution < -0.4 is 4.74 Å². The summed E-state index contributed by atoms with van der Waals surface area (Å²) in [4.78, 5) is 14.4. The van der Waals surface area contributed by atoms with E-state index in [2.05, 4.69) is 13.8 Å². The number of pyridine rings is 1. The normalized spacial score (nSPS) is 11.1. The molecule has 27 heavy (non-hydrogen) atoms. The van der Waals surface area contributed by atoms with Crippen LogP contribution in [0.4, 0.5) is 0 Å². The molecular formula is C23H21N3O. The lowest BCUT2D eigenvalue weighted by molar-refractivity contribution is 0.415. The van der Waals surface area contributed by atoms with Crippen molar-refractivity contribution in [3.8, 4) is 28.5 Å². The van der Waals surface area contributed by atoms with Gasteiger partial charge in [-0.05, 0) is 36.2 Å². The van der Waals surface area contributed by atoms with Crippen molar-refractivity contribution >= 4 is 10.9 Å². The molecule has 4 heteroatoms. The Kier molecular flexibility index (Phi) is 4.55. The number of nitrogens with zero attached hydrogens (tertiary/aromatic N) is 3. The molecule has 4 rings (SSSR count). The topological polar surface area (TPSA) is 47.9 Å². The quantitative estimate of drug-likeness (QED) is 0.485. The van der Waals surface area contributed by atoms with Crippen molar-refractivity contribution in [3.05, 3.63) is 72.4 Å². The van der Waals surface area contributed by atoms with E-state index >= 15 is 0 Å². The van der Waals surface area contributed by atoms with Crippen LogP contribution in [0.3, 0.4) is 0 Å². The molecule has 0 amide bonds. The van der Waals surface area contributed by atoms with Gasteiger partial charge >= 0.3 is 0 Å². The number of methoxy groups -OCH3 is 1. The molecule has 2 aromatic carbocycles. The van der Waals surface area contributed by atoms with Crippen molar-refractivity contribution in [2.24, 2.45) is 0 Å². The fourth-order valence-electron chi connectivity index (χ4n) is 3.08. The first-order valence-corrected chi connectivity index (χ1v) is 9.04. The molecule has 0 radical (unpaired) electrons. The molecule has 134 valence electrons. The van der Waals surface area contributed by atoms with Crippen LogP contribution in [0.1, 0.15) is 25.5 Å². The van der Waals surface area contributed by atoms with Gasteiger partial charge in [-0.2, -0.15) is 0 Å². The summed E-state index contributed by atoms with van der Waals surface area (Å²) in [6.07, 6.45) is 0. The van der Waals surface area contributed by atoms with Crippen molar-refractivity contribution in [1.82, 2.24) is 15.0 Å². The van der Waals surface area contributed by atoms with Crippen molar-refractivity contribution in [2.45, 2.75) is 19.8 Å². The van der Waals surface area contributed by atoms with Crippen LogP contribution in [0.25, 0.3) is 33.7 Å². The minimum Gasteiger partial charge on any atom is -0.497 e. The van der Waals surface area contributed by atoms with Crippen molar-refractivity contribution in [3.63, 3.8) is 0 Å². The van der Waals surface area contributed by atoms with Crippen molar-refractivity contribution in [2.75, 3.05) is 7.11 Å². The summed E-state index contributed by atoms with van der Waals surface area (Å²) in [7, 11) is 1.67. The van der Waals surface area contributed by atoms with Gasteiger partial charge in [-0.3, -0.25) is 0 Å². The number of benzene rings is 2. The zero-order chi connectivity index (χ0) is 18.8. The number of para-hydroxylation sites is 1. The largest absolute Gasteiger partial charge is 0.497 e. The number of hydrogen-bond acceptors (Lipinski definition) is 4. The highest BCUT2D eigenvalue weighted by atomic mass is 16.5. The van der Waals surface area contributed by atoms with Gasteiger partial charge in [0, 0.05) is 16.6 Å². The van der Waals surface area contributed by atoms with Gasteiger partial charge in [0.2, 0.25) is 0 Å². The Hall–Kier alpha value is -3.27. The van der Waals surface area contributed by atoms with E-state index in [-0.39, 0.29) is 0 Å². The first kappa shape index (κ1) is 17.2. The minimum absolute atomic E-state index is 0.350. The van der Waals surface area contributed by atoms with E-state index < -0.39 is 0 Å². The first-order valence-electron chi connectivity index (χ1n) is 9.04. The number of aromatic nitrogens is 3. The Morgan fingerprint density at radius 2 is 1.63 bits per heavy atom. The van der Waals surface area contributed by atoms with Gasteiger partial charge in [0.1, 0.15) is 11.4 Å². The van der Waals surface area contributed by atoms with Gasteiger partial charge in [-0.15, -0.1) is 0 Å². The van der Waals surface area contributed by atoms with Gasteiger partial charge in [-0.25, -0.2) is 15.0 Å². The first-order chi connectivity index (χ1) is 13.2. The molecule has 0 unspecified atom stereocenters. The Balaban J connectivity index is 1.95. The summed E-state index contributed by atoms with van der Waals surface area (Å²) >= 11 is 0. The monoisotopic (exact) mass is 355 g/mol. The van der Waals surface area contributed by atoms with Gasteiger partial charge in [0.25, 0.3) is 0 Å².